The molecule has 0 fully saturated rings. The lowest BCUT2D eigenvalue weighted by atomic mass is 10.2. The van der Waals surface area contributed by atoms with Gasteiger partial charge in [-0.3, -0.25) is 0 Å². The Morgan fingerprint density at radius 1 is 1.47 bits per heavy atom. The number of nitrogens with zero attached hydrogens (tertiary/aromatic N) is 2. The van der Waals surface area contributed by atoms with Crippen LogP contribution in [0.3, 0.4) is 0 Å². The normalized spacial score (nSPS) is 11.8. The topological polar surface area (TPSA) is 79.9 Å². The van der Waals surface area contributed by atoms with E-state index in [9.17, 15) is 4.79 Å². The van der Waals surface area contributed by atoms with E-state index in [0.717, 1.165) is 5.69 Å². The Morgan fingerprint density at radius 2 is 2.26 bits per heavy atom. The lowest BCUT2D eigenvalue weighted by molar-refractivity contribution is -0.129. The number of aromatic nitrogens is 3. The molecule has 7 heteroatoms. The number of hydrogen-bond donors (Lipinski definition) is 2. The number of carbonyl (C=O) groups excluding carboxylic acids is 1. The maximum Gasteiger partial charge on any atom is 0.378 e. The first kappa shape index (κ1) is 14.5. The Kier molecular flexibility index (Phi) is 5.88. The van der Waals surface area contributed by atoms with Crippen molar-refractivity contribution in [2.45, 2.75) is 6.54 Å². The summed E-state index contributed by atoms with van der Waals surface area (Å²) in [5, 5.41) is 13.2. The van der Waals surface area contributed by atoms with Gasteiger partial charge in [-0.25, -0.2) is 4.79 Å². The molecule has 0 atom stereocenters. The van der Waals surface area contributed by atoms with E-state index in [1.165, 1.54) is 12.2 Å². The van der Waals surface area contributed by atoms with Gasteiger partial charge >= 0.3 is 14.0 Å². The Morgan fingerprint density at radius 3 is 2.79 bits per heavy atom. The minimum Gasteiger partial charge on any atom is -0.540 e. The van der Waals surface area contributed by atoms with E-state index < -0.39 is 5.97 Å². The van der Waals surface area contributed by atoms with Crippen LogP contribution in [0.2, 0.25) is 0 Å². The highest BCUT2D eigenvalue weighted by atomic mass is 16.5. The van der Waals surface area contributed by atoms with Gasteiger partial charge in [0.05, 0.1) is 18.3 Å². The maximum absolute atomic E-state index is 11.2. The van der Waals surface area contributed by atoms with Crippen molar-refractivity contribution in [1.82, 2.24) is 20.7 Å². The van der Waals surface area contributed by atoms with E-state index in [4.69, 9.17) is 8.05 Å². The number of hydrogen-bond acceptors (Lipinski definition) is 5. The van der Waals surface area contributed by atoms with Gasteiger partial charge in [0.1, 0.15) is 5.69 Å². The Labute approximate surface area is 112 Å². The van der Waals surface area contributed by atoms with Crippen molar-refractivity contribution < 1.29 is 9.45 Å². The standard InChI is InChI=1S/C12H13BN4O2/c1-3-9(12(18)19-13)5-6-10(4-2)14-7-11-8-15-17-16-11/h3-6,8,14H,1-2,7H2,(H,15,16,17)/b9-5+,10-6+. The van der Waals surface area contributed by atoms with Crippen molar-refractivity contribution in [2.75, 3.05) is 0 Å². The summed E-state index contributed by atoms with van der Waals surface area (Å²) in [7, 11) is 4.80. The second-order valence-corrected chi connectivity index (χ2v) is 3.37. The first-order valence-electron chi connectivity index (χ1n) is 5.37. The van der Waals surface area contributed by atoms with Crippen LogP contribution in [0.25, 0.3) is 0 Å². The number of nitrogens with one attached hydrogen (secondary N) is 2. The van der Waals surface area contributed by atoms with Gasteiger partial charge in [-0.1, -0.05) is 19.2 Å². The fourth-order valence-corrected chi connectivity index (χ4v) is 1.17. The highest BCUT2D eigenvalue weighted by Gasteiger charge is 2.03. The molecule has 0 saturated heterocycles. The first-order valence-corrected chi connectivity index (χ1v) is 5.37. The molecule has 2 N–H and O–H groups in total. The van der Waals surface area contributed by atoms with Crippen LogP contribution in [0.5, 0.6) is 0 Å². The lowest BCUT2D eigenvalue weighted by Crippen LogP contribution is -2.11. The predicted octanol–water partition coefficient (Wildman–Crippen LogP) is 0.703. The van der Waals surface area contributed by atoms with E-state index in [-0.39, 0.29) is 5.57 Å². The highest BCUT2D eigenvalue weighted by molar-refractivity contribution is 6.10. The van der Waals surface area contributed by atoms with Crippen molar-refractivity contribution in [2.24, 2.45) is 0 Å². The molecule has 1 aromatic rings. The molecule has 0 saturated carbocycles. The fourth-order valence-electron chi connectivity index (χ4n) is 1.17. The van der Waals surface area contributed by atoms with Crippen molar-refractivity contribution in [3.63, 3.8) is 0 Å². The molecule has 1 aromatic heterocycles. The summed E-state index contributed by atoms with van der Waals surface area (Å²) in [5.74, 6) is -0.661. The van der Waals surface area contributed by atoms with Crippen LogP contribution >= 0.6 is 0 Å². The Hall–Kier alpha value is -2.57. The molecule has 96 valence electrons. The highest BCUT2D eigenvalue weighted by Crippen LogP contribution is 2.02. The zero-order valence-corrected chi connectivity index (χ0v) is 10.3. The van der Waals surface area contributed by atoms with Gasteiger partial charge in [-0.15, -0.1) is 0 Å². The minimum atomic E-state index is -0.661. The van der Waals surface area contributed by atoms with E-state index >= 15 is 0 Å². The minimum absolute atomic E-state index is 0.241. The van der Waals surface area contributed by atoms with E-state index in [1.807, 2.05) is 0 Å². The third-order valence-corrected chi connectivity index (χ3v) is 2.16. The van der Waals surface area contributed by atoms with E-state index in [1.54, 1.807) is 18.3 Å². The third-order valence-electron chi connectivity index (χ3n) is 2.16. The van der Waals surface area contributed by atoms with Gasteiger partial charge in [0.25, 0.3) is 0 Å². The van der Waals surface area contributed by atoms with Crippen LogP contribution in [0.4, 0.5) is 0 Å². The van der Waals surface area contributed by atoms with Gasteiger partial charge in [0.15, 0.2) is 0 Å². The first-order chi connectivity index (χ1) is 9.21. The molecule has 0 aliphatic heterocycles. The zero-order chi connectivity index (χ0) is 14.1. The molecule has 19 heavy (non-hydrogen) atoms. The van der Waals surface area contributed by atoms with E-state index in [2.05, 4.69) is 38.5 Å². The van der Waals surface area contributed by atoms with Gasteiger partial charge < -0.3 is 9.97 Å². The number of rotatable bonds is 7. The Bertz CT molecular complexity index is 506. The molecule has 0 bridgehead atoms. The average molecular weight is 256 g/mol. The summed E-state index contributed by atoms with van der Waals surface area (Å²) >= 11 is 0. The van der Waals surface area contributed by atoms with Crippen LogP contribution in [0.1, 0.15) is 5.69 Å². The molecule has 6 nitrogen and oxygen atoms in total. The summed E-state index contributed by atoms with van der Waals surface area (Å²) in [6.45, 7) is 7.64. The molecule has 2 radical (unpaired) electrons. The zero-order valence-electron chi connectivity index (χ0n) is 10.3. The van der Waals surface area contributed by atoms with Gasteiger partial charge in [-0.05, 0) is 18.2 Å². The average Bonchev–Trinajstić information content (AvgIpc) is 2.95. The molecule has 0 unspecified atom stereocenters. The van der Waals surface area contributed by atoms with E-state index in [0.29, 0.717) is 12.2 Å². The molecule has 0 aliphatic rings. The number of allylic oxidation sites excluding steroid dienone is 3. The third kappa shape index (κ3) is 4.67. The van der Waals surface area contributed by atoms with Crippen molar-refractivity contribution in [3.05, 3.63) is 60.6 Å². The molecular weight excluding hydrogens is 243 g/mol. The monoisotopic (exact) mass is 256 g/mol. The largest absolute Gasteiger partial charge is 0.540 e. The Balaban J connectivity index is 2.70. The number of carbonyl (C=O) groups is 1. The molecule has 0 aliphatic carbocycles. The van der Waals surface area contributed by atoms with Gasteiger partial charge in [0.2, 0.25) is 0 Å². The van der Waals surface area contributed by atoms with Crippen molar-refractivity contribution in [3.8, 4) is 0 Å². The maximum atomic E-state index is 11.2. The molecular formula is C12H13BN4O2. The number of aromatic amines is 1. The summed E-state index contributed by atoms with van der Waals surface area (Å²) in [6.07, 6.45) is 7.73. The molecule has 0 amide bonds. The summed E-state index contributed by atoms with van der Waals surface area (Å²) in [4.78, 5) is 11.2. The van der Waals surface area contributed by atoms with Crippen LogP contribution in [0.15, 0.2) is 54.9 Å². The van der Waals surface area contributed by atoms with Crippen LogP contribution in [-0.2, 0) is 16.0 Å². The molecule has 1 heterocycles. The van der Waals surface area contributed by atoms with Gasteiger partial charge in [0, 0.05) is 5.70 Å². The quantitative estimate of drug-likeness (QED) is 0.426. The van der Waals surface area contributed by atoms with Gasteiger partial charge in [-0.2, -0.15) is 15.4 Å². The second-order valence-electron chi connectivity index (χ2n) is 3.37. The fraction of sp³-hybridized carbons (Fsp3) is 0.0833. The summed E-state index contributed by atoms with van der Waals surface area (Å²) in [5.41, 5.74) is 1.69. The summed E-state index contributed by atoms with van der Waals surface area (Å²) in [6, 6.07) is 0. The smallest absolute Gasteiger partial charge is 0.378 e. The van der Waals surface area contributed by atoms with Crippen LogP contribution in [0, 0.1) is 0 Å². The number of H-pyrrole nitrogens is 1. The van der Waals surface area contributed by atoms with Crippen molar-refractivity contribution in [1.29, 1.82) is 0 Å². The predicted molar refractivity (Wildman–Crippen MR) is 71.6 cm³/mol. The molecule has 0 spiro atoms. The molecule has 0 aromatic carbocycles. The second kappa shape index (κ2) is 7.70. The SMILES string of the molecule is [B]OC(=O)/C(C=C)=C/C=C(\C=C)NCc1cn[nH]n1. The molecule has 1 rings (SSSR count). The van der Waals surface area contributed by atoms with Crippen molar-refractivity contribution >= 4 is 14.0 Å². The van der Waals surface area contributed by atoms with Crippen LogP contribution in [-0.4, -0.2) is 29.4 Å². The lowest BCUT2D eigenvalue weighted by Gasteiger charge is -2.04. The van der Waals surface area contributed by atoms with Crippen LogP contribution < -0.4 is 5.32 Å². The summed E-state index contributed by atoms with van der Waals surface area (Å²) < 4.78 is 4.11.